The molecule has 0 spiro atoms. The van der Waals surface area contributed by atoms with Gasteiger partial charge in [-0.2, -0.15) is 0 Å². The highest BCUT2D eigenvalue weighted by molar-refractivity contribution is 14.0. The van der Waals surface area contributed by atoms with Gasteiger partial charge in [0.2, 0.25) is 10.0 Å². The smallest absolute Gasteiger partial charge is 0.216 e. The summed E-state index contributed by atoms with van der Waals surface area (Å²) in [4.78, 5) is 4.36. The third-order valence-electron chi connectivity index (χ3n) is 4.14. The third-order valence-corrected chi connectivity index (χ3v) is 5.66. The van der Waals surface area contributed by atoms with Crippen molar-refractivity contribution >= 4 is 40.0 Å². The normalized spacial score (nSPS) is 12.1. The van der Waals surface area contributed by atoms with E-state index in [4.69, 9.17) is 5.73 Å². The van der Waals surface area contributed by atoms with Crippen LogP contribution in [0.1, 0.15) is 70.4 Å². The Morgan fingerprint density at radius 1 is 1.07 bits per heavy atom. The van der Waals surface area contributed by atoms with Crippen LogP contribution in [-0.2, 0) is 22.3 Å². The predicted molar refractivity (Wildman–Crippen MR) is 129 cm³/mol. The molecule has 0 aliphatic carbocycles. The number of sulfonamides is 1. The van der Waals surface area contributed by atoms with Crippen molar-refractivity contribution in [1.82, 2.24) is 10.0 Å². The monoisotopic (exact) mass is 524 g/mol. The first-order chi connectivity index (χ1) is 12.8. The number of hydrogen-bond donors (Lipinski definition) is 3. The number of nitrogens with zero attached hydrogens (tertiary/aromatic N) is 1. The molecule has 0 fully saturated rings. The molecule has 0 aromatic heterocycles. The summed E-state index contributed by atoms with van der Waals surface area (Å²) in [7, 11) is -3.37. The lowest BCUT2D eigenvalue weighted by Gasteiger charge is -2.12. The van der Waals surface area contributed by atoms with Crippen LogP contribution >= 0.6 is 24.0 Å². The number of nitrogens with two attached hydrogens (primary N) is 1. The van der Waals surface area contributed by atoms with E-state index in [1.54, 1.807) is 0 Å². The average molecular weight is 525 g/mol. The Morgan fingerprint density at radius 3 is 2.32 bits per heavy atom. The largest absolute Gasteiger partial charge is 0.370 e. The van der Waals surface area contributed by atoms with Crippen molar-refractivity contribution in [2.24, 2.45) is 10.7 Å². The Balaban J connectivity index is 0.00000729. The third kappa shape index (κ3) is 12.6. The molecular weight excluding hydrogens is 487 g/mol. The number of nitrogens with one attached hydrogen (secondary N) is 2. The number of halogens is 1. The van der Waals surface area contributed by atoms with Gasteiger partial charge in [-0.1, -0.05) is 63.3 Å². The van der Waals surface area contributed by atoms with Gasteiger partial charge in [-0.15, -0.1) is 24.0 Å². The lowest BCUT2D eigenvalue weighted by Crippen LogP contribution is -2.32. The first-order valence-electron chi connectivity index (χ1n) is 9.94. The van der Waals surface area contributed by atoms with Crippen molar-refractivity contribution in [2.75, 3.05) is 6.54 Å². The van der Waals surface area contributed by atoms with Crippen LogP contribution in [0, 0.1) is 0 Å². The number of aliphatic imine (C=N–C) groups is 1. The lowest BCUT2D eigenvalue weighted by molar-refractivity contribution is 0.569. The molecule has 0 atom stereocenters. The van der Waals surface area contributed by atoms with E-state index in [0.29, 0.717) is 12.5 Å². The zero-order chi connectivity index (χ0) is 20.1. The Hall–Kier alpha value is -0.870. The molecule has 6 nitrogen and oxygen atoms in total. The number of guanidine groups is 1. The molecule has 0 amide bonds. The number of benzene rings is 1. The van der Waals surface area contributed by atoms with E-state index in [2.05, 4.69) is 22.0 Å². The molecule has 8 heteroatoms. The SMILES string of the molecule is CCCCCCCCNC(N)=NCc1ccccc1CS(=O)(=O)NC(C)C.I. The van der Waals surface area contributed by atoms with Crippen LogP contribution in [0.15, 0.2) is 29.3 Å². The maximum atomic E-state index is 12.2. The zero-order valence-corrected chi connectivity index (χ0v) is 20.6. The molecule has 162 valence electrons. The van der Waals surface area contributed by atoms with Gasteiger partial charge < -0.3 is 11.1 Å². The molecule has 0 saturated carbocycles. The van der Waals surface area contributed by atoms with Gasteiger partial charge >= 0.3 is 0 Å². The summed E-state index contributed by atoms with van der Waals surface area (Å²) in [6.07, 6.45) is 7.40. The minimum absolute atomic E-state index is 0. The predicted octanol–water partition coefficient (Wildman–Crippen LogP) is 3.90. The molecule has 0 heterocycles. The average Bonchev–Trinajstić information content (AvgIpc) is 2.58. The molecule has 0 unspecified atom stereocenters. The summed E-state index contributed by atoms with van der Waals surface area (Å²) in [6.45, 7) is 7.01. The summed E-state index contributed by atoms with van der Waals surface area (Å²) in [5, 5.41) is 3.13. The molecular formula is C20H37IN4O2S. The number of unbranched alkanes of at least 4 members (excludes halogenated alkanes) is 5. The van der Waals surface area contributed by atoms with Crippen molar-refractivity contribution in [3.05, 3.63) is 35.4 Å². The Bertz CT molecular complexity index is 679. The fraction of sp³-hybridized carbons (Fsp3) is 0.650. The standard InChI is InChI=1S/C20H36N4O2S.HI/c1-4-5-6-7-8-11-14-22-20(21)23-15-18-12-9-10-13-19(18)16-27(25,26)24-17(2)3;/h9-10,12-13,17,24H,4-8,11,14-16H2,1-3H3,(H3,21,22,23);1H. The van der Waals surface area contributed by atoms with E-state index < -0.39 is 10.0 Å². The van der Waals surface area contributed by atoms with Crippen LogP contribution in [0.2, 0.25) is 0 Å². The first-order valence-corrected chi connectivity index (χ1v) is 11.6. The summed E-state index contributed by atoms with van der Waals surface area (Å²) in [6, 6.07) is 7.32. The van der Waals surface area contributed by atoms with E-state index in [1.807, 2.05) is 38.1 Å². The van der Waals surface area contributed by atoms with Crippen LogP contribution in [0.3, 0.4) is 0 Å². The van der Waals surface area contributed by atoms with Crippen molar-refractivity contribution in [3.63, 3.8) is 0 Å². The molecule has 1 rings (SSSR count). The van der Waals surface area contributed by atoms with Gasteiger partial charge in [0.05, 0.1) is 12.3 Å². The quantitative estimate of drug-likeness (QED) is 0.158. The highest BCUT2D eigenvalue weighted by Crippen LogP contribution is 2.13. The van der Waals surface area contributed by atoms with Gasteiger partial charge in [0.1, 0.15) is 0 Å². The topological polar surface area (TPSA) is 96.6 Å². The molecule has 0 aliphatic heterocycles. The van der Waals surface area contributed by atoms with Crippen molar-refractivity contribution in [2.45, 2.75) is 77.6 Å². The van der Waals surface area contributed by atoms with Crippen molar-refractivity contribution in [1.29, 1.82) is 0 Å². The fourth-order valence-electron chi connectivity index (χ4n) is 2.81. The van der Waals surface area contributed by atoms with E-state index in [9.17, 15) is 8.42 Å². The van der Waals surface area contributed by atoms with Gasteiger partial charge in [-0.25, -0.2) is 18.1 Å². The molecule has 1 aromatic rings. The van der Waals surface area contributed by atoms with Crippen molar-refractivity contribution in [3.8, 4) is 0 Å². The zero-order valence-electron chi connectivity index (χ0n) is 17.4. The number of rotatable bonds is 13. The number of hydrogen-bond acceptors (Lipinski definition) is 3. The summed E-state index contributed by atoms with van der Waals surface area (Å²) in [5.74, 6) is 0.351. The lowest BCUT2D eigenvalue weighted by atomic mass is 10.1. The second-order valence-electron chi connectivity index (χ2n) is 7.20. The summed E-state index contributed by atoms with van der Waals surface area (Å²) < 4.78 is 27.0. The van der Waals surface area contributed by atoms with Gasteiger partial charge in [0, 0.05) is 12.6 Å². The molecule has 4 N–H and O–H groups in total. The van der Waals surface area contributed by atoms with Gasteiger partial charge in [0.15, 0.2) is 5.96 Å². The second kappa shape index (κ2) is 15.0. The molecule has 1 aromatic carbocycles. The Labute approximate surface area is 188 Å². The van der Waals surface area contributed by atoms with Crippen LogP contribution in [-0.4, -0.2) is 27.0 Å². The summed E-state index contributed by atoms with van der Waals surface area (Å²) in [5.41, 5.74) is 7.55. The maximum Gasteiger partial charge on any atom is 0.216 e. The Kier molecular flexibility index (Phi) is 14.6. The molecule has 28 heavy (non-hydrogen) atoms. The van der Waals surface area contributed by atoms with E-state index in [1.165, 1.54) is 32.1 Å². The molecule has 0 aliphatic rings. The molecule has 0 bridgehead atoms. The fourth-order valence-corrected chi connectivity index (χ4v) is 4.30. The minimum atomic E-state index is -3.37. The minimum Gasteiger partial charge on any atom is -0.370 e. The van der Waals surface area contributed by atoms with E-state index in [-0.39, 0.29) is 35.8 Å². The molecule has 0 radical (unpaired) electrons. The molecule has 0 saturated heterocycles. The highest BCUT2D eigenvalue weighted by atomic mass is 127. The second-order valence-corrected chi connectivity index (χ2v) is 8.95. The first kappa shape index (κ1) is 27.1. The van der Waals surface area contributed by atoms with Crippen LogP contribution in [0.4, 0.5) is 0 Å². The van der Waals surface area contributed by atoms with Gasteiger partial charge in [0.25, 0.3) is 0 Å². The van der Waals surface area contributed by atoms with E-state index >= 15 is 0 Å². The van der Waals surface area contributed by atoms with Crippen LogP contribution in [0.5, 0.6) is 0 Å². The van der Waals surface area contributed by atoms with Gasteiger partial charge in [-0.3, -0.25) is 0 Å². The highest BCUT2D eigenvalue weighted by Gasteiger charge is 2.15. The Morgan fingerprint density at radius 2 is 1.68 bits per heavy atom. The van der Waals surface area contributed by atoms with Crippen LogP contribution in [0.25, 0.3) is 0 Å². The van der Waals surface area contributed by atoms with Crippen molar-refractivity contribution < 1.29 is 8.42 Å². The van der Waals surface area contributed by atoms with Crippen LogP contribution < -0.4 is 15.8 Å². The summed E-state index contributed by atoms with van der Waals surface area (Å²) >= 11 is 0. The maximum absolute atomic E-state index is 12.2. The van der Waals surface area contributed by atoms with Gasteiger partial charge in [-0.05, 0) is 31.4 Å². The van der Waals surface area contributed by atoms with E-state index in [0.717, 1.165) is 24.1 Å².